The van der Waals surface area contributed by atoms with Crippen LogP contribution in [0.4, 0.5) is 0 Å². The summed E-state index contributed by atoms with van der Waals surface area (Å²) in [5.74, 6) is 0. The highest BCUT2D eigenvalue weighted by Gasteiger charge is 2.42. The molecule has 11 aromatic carbocycles. The largest absolute Gasteiger partial charge is 0.309 e. The molecule has 2 aromatic heterocycles. The second kappa shape index (κ2) is 16.8. The average Bonchev–Trinajstić information content (AvgIpc) is 3.98. The van der Waals surface area contributed by atoms with Gasteiger partial charge in [0.15, 0.2) is 8.07 Å². The molecule has 0 N–H and O–H groups in total. The number of nitrogens with zero attached hydrogens (tertiary/aromatic N) is 2. The SMILES string of the molecule is [2H]c1c([2H])c([2H])c(-c2ccc3c(c2)c2ccccc2n3-c2ccc3c(c2)c2ccccc2n3-c2c(-c3ccccc3)cc([Si](c3ccccc3)(c3ccccc3)c3ccccc3)cc2-c2ccccc2)c([2H])c1[2H]. The molecule has 2 nitrogen and oxygen atoms in total. The van der Waals surface area contributed by atoms with E-state index < -0.39 is 14.1 Å². The number of para-hydroxylation sites is 2. The van der Waals surface area contributed by atoms with Gasteiger partial charge in [-0.3, -0.25) is 0 Å². The Morgan fingerprint density at radius 1 is 0.290 bits per heavy atom. The van der Waals surface area contributed by atoms with Crippen molar-refractivity contribution in [1.82, 2.24) is 9.13 Å². The fraction of sp³-hybridized carbons (Fsp3) is 0. The van der Waals surface area contributed by atoms with Gasteiger partial charge in [0.2, 0.25) is 0 Å². The van der Waals surface area contributed by atoms with Crippen molar-refractivity contribution in [2.45, 2.75) is 0 Å². The van der Waals surface area contributed by atoms with Gasteiger partial charge in [0, 0.05) is 38.4 Å². The van der Waals surface area contributed by atoms with E-state index in [1.807, 2.05) is 30.3 Å². The number of hydrogen-bond acceptors (Lipinski definition) is 0. The predicted octanol–water partition coefficient (Wildman–Crippen LogP) is 14.3. The van der Waals surface area contributed by atoms with Crippen molar-refractivity contribution in [3.8, 4) is 44.8 Å². The van der Waals surface area contributed by atoms with Crippen LogP contribution >= 0.6 is 0 Å². The summed E-state index contributed by atoms with van der Waals surface area (Å²) in [5, 5.41) is 9.36. The van der Waals surface area contributed by atoms with Gasteiger partial charge in [-0.1, -0.05) is 236 Å². The number of aromatic nitrogens is 2. The molecule has 13 rings (SSSR count). The predicted molar refractivity (Wildman–Crippen MR) is 295 cm³/mol. The van der Waals surface area contributed by atoms with E-state index in [2.05, 4.69) is 228 Å². The molecule has 0 amide bonds. The molecule has 0 unspecified atom stereocenters. The van der Waals surface area contributed by atoms with Gasteiger partial charge in [-0.15, -0.1) is 0 Å². The summed E-state index contributed by atoms with van der Waals surface area (Å²) in [6.45, 7) is 0. The molecular formula is C66H46N2Si. The quantitative estimate of drug-likeness (QED) is 0.101. The molecule has 3 heteroatoms. The zero-order valence-corrected chi connectivity index (χ0v) is 38.6. The molecule has 0 aliphatic carbocycles. The van der Waals surface area contributed by atoms with Crippen LogP contribution in [0.1, 0.15) is 6.85 Å². The summed E-state index contributed by atoms with van der Waals surface area (Å²) in [5.41, 5.74) is 11.4. The molecule has 324 valence electrons. The summed E-state index contributed by atoms with van der Waals surface area (Å²) < 4.78 is 47.4. The molecule has 0 saturated carbocycles. The van der Waals surface area contributed by atoms with Crippen LogP contribution in [0.5, 0.6) is 0 Å². The Labute approximate surface area is 410 Å². The van der Waals surface area contributed by atoms with Crippen molar-refractivity contribution in [1.29, 1.82) is 0 Å². The lowest BCUT2D eigenvalue weighted by Crippen LogP contribution is -2.74. The topological polar surface area (TPSA) is 9.86 Å². The van der Waals surface area contributed by atoms with E-state index in [1.54, 1.807) is 0 Å². The Bertz CT molecular complexity index is 4100. The molecule has 13 aromatic rings. The van der Waals surface area contributed by atoms with E-state index in [1.165, 1.54) is 20.7 Å². The molecule has 0 aliphatic heterocycles. The third kappa shape index (κ3) is 6.62. The summed E-state index contributed by atoms with van der Waals surface area (Å²) in [7, 11) is -3.02. The fourth-order valence-electron chi connectivity index (χ4n) is 11.0. The first-order chi connectivity index (χ1) is 36.3. The van der Waals surface area contributed by atoms with Gasteiger partial charge in [-0.05, 0) is 85.5 Å². The minimum absolute atomic E-state index is 0.190. The molecule has 2 heterocycles. The van der Waals surface area contributed by atoms with Gasteiger partial charge < -0.3 is 9.13 Å². The van der Waals surface area contributed by atoms with Crippen LogP contribution in [0.3, 0.4) is 0 Å². The van der Waals surface area contributed by atoms with Crippen molar-refractivity contribution in [2.24, 2.45) is 0 Å². The molecular weight excluding hydrogens is 849 g/mol. The van der Waals surface area contributed by atoms with Crippen LogP contribution in [0.2, 0.25) is 0 Å². The molecule has 0 fully saturated rings. The van der Waals surface area contributed by atoms with Crippen molar-refractivity contribution in [3.05, 3.63) is 279 Å². The average molecular weight is 900 g/mol. The number of benzene rings is 11. The minimum atomic E-state index is -3.02. The molecule has 0 spiro atoms. The zero-order valence-electron chi connectivity index (χ0n) is 42.6. The lowest BCUT2D eigenvalue weighted by molar-refractivity contribution is 1.17. The van der Waals surface area contributed by atoms with Crippen molar-refractivity contribution in [2.75, 3.05) is 0 Å². The van der Waals surface area contributed by atoms with Crippen LogP contribution in [-0.4, -0.2) is 17.2 Å². The third-order valence-corrected chi connectivity index (χ3v) is 18.7. The van der Waals surface area contributed by atoms with E-state index in [-0.39, 0.29) is 29.7 Å². The Balaban J connectivity index is 1.10. The molecule has 0 bridgehead atoms. The summed E-state index contributed by atoms with van der Waals surface area (Å²) in [4.78, 5) is 0. The molecule has 69 heavy (non-hydrogen) atoms. The van der Waals surface area contributed by atoms with E-state index >= 15 is 0 Å². The zero-order chi connectivity index (χ0) is 50.1. The van der Waals surface area contributed by atoms with Crippen LogP contribution in [0.25, 0.3) is 88.4 Å². The Morgan fingerprint density at radius 2 is 0.710 bits per heavy atom. The molecule has 0 radical (unpaired) electrons. The highest BCUT2D eigenvalue weighted by atomic mass is 28.3. The normalized spacial score (nSPS) is 12.8. The third-order valence-electron chi connectivity index (χ3n) is 13.9. The van der Waals surface area contributed by atoms with Gasteiger partial charge in [0.25, 0.3) is 0 Å². The highest BCUT2D eigenvalue weighted by Crippen LogP contribution is 2.43. The maximum absolute atomic E-state index is 8.78. The van der Waals surface area contributed by atoms with Crippen molar-refractivity contribution >= 4 is 72.4 Å². The standard InChI is InChI=1S/C66H46N2Si/c1-7-23-47(24-8-1)50-39-41-64-60(43-50)56-35-19-21-37-62(56)67(64)51-40-42-65-61(44-51)57-36-20-22-38-63(57)68(65)66-58(48-25-9-2-10-26-48)45-55(46-59(66)49-27-11-3-12-28-49)69(52-29-13-4-14-30-52,53-31-15-5-16-32-53)54-33-17-6-18-34-54/h1-46H/i1D,7D,8D,23D,24D. The van der Waals surface area contributed by atoms with Crippen LogP contribution in [0.15, 0.2) is 279 Å². The van der Waals surface area contributed by atoms with E-state index in [0.29, 0.717) is 5.56 Å². The van der Waals surface area contributed by atoms with E-state index in [9.17, 15) is 0 Å². The highest BCUT2D eigenvalue weighted by molar-refractivity contribution is 7.20. The number of rotatable bonds is 9. The summed E-state index contributed by atoms with van der Waals surface area (Å²) in [6.07, 6.45) is 0. The molecule has 0 saturated heterocycles. The first-order valence-electron chi connectivity index (χ1n) is 25.9. The maximum atomic E-state index is 8.78. The summed E-state index contributed by atoms with van der Waals surface area (Å²) >= 11 is 0. The van der Waals surface area contributed by atoms with Gasteiger partial charge in [0.1, 0.15) is 0 Å². The number of hydrogen-bond donors (Lipinski definition) is 0. The Morgan fingerprint density at radius 3 is 1.25 bits per heavy atom. The van der Waals surface area contributed by atoms with Crippen LogP contribution in [-0.2, 0) is 0 Å². The van der Waals surface area contributed by atoms with Crippen LogP contribution < -0.4 is 20.7 Å². The maximum Gasteiger partial charge on any atom is 0.179 e. The second-order valence-electron chi connectivity index (χ2n) is 17.6. The lowest BCUT2D eigenvalue weighted by Gasteiger charge is -2.36. The molecule has 0 aliphatic rings. The van der Waals surface area contributed by atoms with Gasteiger partial charge in [-0.2, -0.15) is 0 Å². The number of fused-ring (bicyclic) bond motifs is 6. The van der Waals surface area contributed by atoms with Crippen molar-refractivity contribution in [3.63, 3.8) is 0 Å². The lowest BCUT2D eigenvalue weighted by atomic mass is 9.95. The van der Waals surface area contributed by atoms with E-state index in [4.69, 9.17) is 6.85 Å². The Hall–Kier alpha value is -8.76. The monoisotopic (exact) mass is 899 g/mol. The molecule has 0 atom stereocenters. The van der Waals surface area contributed by atoms with Crippen molar-refractivity contribution < 1.29 is 6.85 Å². The van der Waals surface area contributed by atoms with Gasteiger partial charge in [0.05, 0.1) is 34.6 Å². The van der Waals surface area contributed by atoms with Gasteiger partial charge in [-0.25, -0.2) is 0 Å². The second-order valence-corrected chi connectivity index (χ2v) is 21.4. The Kier molecular flexibility index (Phi) is 8.65. The first kappa shape index (κ1) is 35.4. The smallest absolute Gasteiger partial charge is 0.179 e. The van der Waals surface area contributed by atoms with Gasteiger partial charge >= 0.3 is 0 Å². The summed E-state index contributed by atoms with van der Waals surface area (Å²) in [6, 6.07) is 88.2. The minimum Gasteiger partial charge on any atom is -0.309 e. The van der Waals surface area contributed by atoms with Crippen LogP contribution in [0, 0.1) is 0 Å². The first-order valence-corrected chi connectivity index (χ1v) is 25.4. The van der Waals surface area contributed by atoms with E-state index in [0.717, 1.165) is 77.2 Å². The fourth-order valence-corrected chi connectivity index (χ4v) is 15.8.